The summed E-state index contributed by atoms with van der Waals surface area (Å²) < 4.78 is 65.2. The van der Waals surface area contributed by atoms with Gasteiger partial charge >= 0.3 is 6.09 Å². The molecule has 0 bridgehead atoms. The Morgan fingerprint density at radius 2 is 1.56 bits per heavy atom. The number of aliphatic hydroxyl groups is 1. The van der Waals surface area contributed by atoms with Crippen molar-refractivity contribution in [2.45, 2.75) is 93.1 Å². The molecule has 48 heavy (non-hydrogen) atoms. The molecule has 0 aliphatic carbocycles. The summed E-state index contributed by atoms with van der Waals surface area (Å²) in [7, 11) is -7.47. The molecule has 14 nitrogen and oxygen atoms in total. The number of sulfonamides is 2. The number of hydrogen-bond acceptors (Lipinski definition) is 11. The van der Waals surface area contributed by atoms with Crippen molar-refractivity contribution < 1.29 is 36.2 Å². The number of nitrogens with zero attached hydrogens (tertiary/aromatic N) is 5. The summed E-state index contributed by atoms with van der Waals surface area (Å²) in [6.45, 7) is 9.65. The first-order chi connectivity index (χ1) is 22.4. The molecule has 0 saturated carbocycles. The van der Waals surface area contributed by atoms with Crippen LogP contribution in [0.1, 0.15) is 47.5 Å². The van der Waals surface area contributed by atoms with Gasteiger partial charge in [-0.3, -0.25) is 4.90 Å². The van der Waals surface area contributed by atoms with Crippen LogP contribution in [0.3, 0.4) is 0 Å². The molecule has 5 heterocycles. The Kier molecular flexibility index (Phi) is 11.8. The normalized spacial score (nSPS) is 26.8. The van der Waals surface area contributed by atoms with Crippen molar-refractivity contribution in [3.63, 3.8) is 0 Å². The number of pyridine rings is 2. The van der Waals surface area contributed by atoms with Crippen molar-refractivity contribution in [3.05, 3.63) is 73.1 Å². The quantitative estimate of drug-likeness (QED) is 0.445. The summed E-state index contributed by atoms with van der Waals surface area (Å²) in [5.41, 5.74) is 4.16. The van der Waals surface area contributed by atoms with Crippen molar-refractivity contribution in [3.8, 4) is 0 Å². The van der Waals surface area contributed by atoms with Crippen molar-refractivity contribution in [1.29, 1.82) is 0 Å². The van der Waals surface area contributed by atoms with E-state index in [1.807, 2.05) is 26.8 Å². The Hall–Kier alpha value is -3.25. The number of β-amino-alcohol motifs (C(OH)–C–C–N with tert-alkyl or cyclic N) is 1. The zero-order valence-electron chi connectivity index (χ0n) is 27.9. The van der Waals surface area contributed by atoms with Gasteiger partial charge in [-0.15, -0.1) is 0 Å². The number of ether oxygens (including phenoxy) is 2. The van der Waals surface area contributed by atoms with E-state index in [2.05, 4.69) is 9.97 Å². The van der Waals surface area contributed by atoms with Crippen LogP contribution in [0.5, 0.6) is 0 Å². The van der Waals surface area contributed by atoms with E-state index in [1.54, 1.807) is 61.2 Å². The topological polar surface area (TPSA) is 186 Å². The highest BCUT2D eigenvalue weighted by molar-refractivity contribution is 7.89. The second-order valence-electron chi connectivity index (χ2n) is 13.1. The van der Waals surface area contributed by atoms with Crippen LogP contribution in [0.15, 0.2) is 83.1 Å². The molecule has 3 aliphatic heterocycles. The number of hydrogen-bond donors (Lipinski definition) is 2. The van der Waals surface area contributed by atoms with E-state index in [-0.39, 0.29) is 35.7 Å². The van der Waals surface area contributed by atoms with Crippen LogP contribution >= 0.6 is 0 Å². The zero-order chi connectivity index (χ0) is 35.3. The minimum atomic E-state index is -3.79. The number of rotatable bonds is 4. The lowest BCUT2D eigenvalue weighted by Crippen LogP contribution is -2.51. The Balaban J connectivity index is 0.000000237. The van der Waals surface area contributed by atoms with Gasteiger partial charge in [-0.1, -0.05) is 36.4 Å². The minimum Gasteiger partial charge on any atom is -0.444 e. The highest BCUT2D eigenvalue weighted by Crippen LogP contribution is 2.37. The van der Waals surface area contributed by atoms with Crippen molar-refractivity contribution in [1.82, 2.24) is 23.5 Å². The van der Waals surface area contributed by atoms with E-state index in [1.165, 1.54) is 33.1 Å². The summed E-state index contributed by atoms with van der Waals surface area (Å²) in [6, 6.07) is 8.61. The number of aliphatic hydroxyl groups excluding tert-OH is 1. The fourth-order valence-electron chi connectivity index (χ4n) is 5.56. The first-order valence-electron chi connectivity index (χ1n) is 15.7. The molecule has 4 unspecified atom stereocenters. The Morgan fingerprint density at radius 1 is 0.958 bits per heavy atom. The average molecular weight is 707 g/mol. The summed E-state index contributed by atoms with van der Waals surface area (Å²) in [4.78, 5) is 22.3. The zero-order valence-corrected chi connectivity index (χ0v) is 29.5. The molecule has 2 aromatic heterocycles. The van der Waals surface area contributed by atoms with Crippen molar-refractivity contribution >= 4 is 26.1 Å². The first-order valence-corrected chi connectivity index (χ1v) is 18.6. The van der Waals surface area contributed by atoms with Crippen molar-refractivity contribution in [2.75, 3.05) is 26.2 Å². The maximum atomic E-state index is 13.1. The molecule has 5 rings (SSSR count). The van der Waals surface area contributed by atoms with E-state index in [4.69, 9.17) is 15.2 Å². The third-order valence-corrected chi connectivity index (χ3v) is 11.4. The van der Waals surface area contributed by atoms with E-state index in [9.17, 15) is 26.7 Å². The molecule has 264 valence electrons. The van der Waals surface area contributed by atoms with Gasteiger partial charge in [0.25, 0.3) is 20.0 Å². The molecule has 0 aromatic carbocycles. The second kappa shape index (κ2) is 15.1. The maximum absolute atomic E-state index is 13.1. The summed E-state index contributed by atoms with van der Waals surface area (Å²) in [5, 5.41) is 9.84. The Labute approximate surface area is 283 Å². The third kappa shape index (κ3) is 9.05. The maximum Gasteiger partial charge on any atom is 0.412 e. The van der Waals surface area contributed by atoms with Gasteiger partial charge in [-0.25, -0.2) is 31.6 Å². The molecule has 3 aliphatic rings. The van der Waals surface area contributed by atoms with Gasteiger partial charge in [-0.2, -0.15) is 8.61 Å². The molecule has 0 spiro atoms. The van der Waals surface area contributed by atoms with E-state index in [0.717, 1.165) is 0 Å². The lowest BCUT2D eigenvalue weighted by atomic mass is 10.0. The number of carbonyl (C=O) groups excluding carboxylic acids is 1. The molecular formula is C32H46N6O8S2. The van der Waals surface area contributed by atoms with Crippen LogP contribution in [0.2, 0.25) is 0 Å². The SMILES string of the molecule is CC(C)(C)OC(=O)N1C2C/C=C\CN(S(=O)(=O)c3ccccn3)CC2OC1(C)C.NC1/C=C\CCN(S(=O)(=O)c2ccccn2)CC1O. The lowest BCUT2D eigenvalue weighted by molar-refractivity contribution is -0.0802. The van der Waals surface area contributed by atoms with Gasteiger partial charge in [0.2, 0.25) is 0 Å². The third-order valence-electron chi connectivity index (χ3n) is 7.83. The second-order valence-corrected chi connectivity index (χ2v) is 16.9. The molecule has 16 heteroatoms. The average Bonchev–Trinajstić information content (AvgIpc) is 3.25. The largest absolute Gasteiger partial charge is 0.444 e. The number of aromatic nitrogens is 2. The van der Waals surface area contributed by atoms with Gasteiger partial charge in [-0.05, 0) is 71.7 Å². The van der Waals surface area contributed by atoms with E-state index >= 15 is 0 Å². The van der Waals surface area contributed by atoms with Crippen LogP contribution in [0.25, 0.3) is 0 Å². The molecule has 1 amide bonds. The monoisotopic (exact) mass is 706 g/mol. The van der Waals surface area contributed by atoms with E-state index < -0.39 is 55.7 Å². The first kappa shape index (κ1) is 37.6. The van der Waals surface area contributed by atoms with Crippen LogP contribution < -0.4 is 5.73 Å². The highest BCUT2D eigenvalue weighted by Gasteiger charge is 2.52. The minimum absolute atomic E-state index is 0.00761. The molecule has 3 N–H and O–H groups in total. The van der Waals surface area contributed by atoms with Crippen LogP contribution in [-0.4, -0.2) is 113 Å². The Morgan fingerprint density at radius 3 is 2.12 bits per heavy atom. The van der Waals surface area contributed by atoms with Gasteiger partial charge in [0.05, 0.1) is 24.3 Å². The van der Waals surface area contributed by atoms with Gasteiger partial charge < -0.3 is 20.3 Å². The molecule has 4 atom stereocenters. The molecular weight excluding hydrogens is 661 g/mol. The predicted molar refractivity (Wildman–Crippen MR) is 178 cm³/mol. The van der Waals surface area contributed by atoms with Gasteiger partial charge in [0.1, 0.15) is 11.3 Å². The van der Waals surface area contributed by atoms with Crippen LogP contribution in [0, 0.1) is 0 Å². The number of carbonyl (C=O) groups is 1. The summed E-state index contributed by atoms with van der Waals surface area (Å²) >= 11 is 0. The number of amides is 1. The standard InChI is InChI=1S/C20H29N3O5S.C12H17N3O3S/c1-19(2,3)28-18(24)23-15-10-7-9-13-22(14-16(15)27-20(23,4)5)29(25,26)17-11-6-8-12-21-17;13-10-5-2-4-8-15(9-11(10)16)19(17,18)12-6-1-3-7-14-12/h6-9,11-12,15-16H,10,13-14H2,1-5H3;1-3,5-7,10-11,16H,4,8-9,13H2/b9-7-;5-2-. The Bertz CT molecular complexity index is 1660. The van der Waals surface area contributed by atoms with Gasteiger partial charge in [0.15, 0.2) is 10.1 Å². The number of fused-ring (bicyclic) bond motifs is 1. The van der Waals surface area contributed by atoms with Crippen LogP contribution in [-0.2, 0) is 29.5 Å². The molecule has 0 radical (unpaired) electrons. The van der Waals surface area contributed by atoms with Gasteiger partial charge in [0, 0.05) is 38.6 Å². The number of nitrogens with two attached hydrogens (primary N) is 1. The summed E-state index contributed by atoms with van der Waals surface area (Å²) in [6.07, 6.45) is 9.31. The fourth-order valence-corrected chi connectivity index (χ4v) is 8.30. The summed E-state index contributed by atoms with van der Waals surface area (Å²) in [5.74, 6) is 0. The smallest absolute Gasteiger partial charge is 0.412 e. The van der Waals surface area contributed by atoms with Crippen LogP contribution in [0.4, 0.5) is 4.79 Å². The van der Waals surface area contributed by atoms with Crippen molar-refractivity contribution in [2.24, 2.45) is 5.73 Å². The fraction of sp³-hybridized carbons (Fsp3) is 0.531. The highest BCUT2D eigenvalue weighted by atomic mass is 32.2. The molecule has 1 saturated heterocycles. The lowest BCUT2D eigenvalue weighted by Gasteiger charge is -2.35. The van der Waals surface area contributed by atoms with E-state index in [0.29, 0.717) is 19.4 Å². The predicted octanol–water partition coefficient (Wildman–Crippen LogP) is 2.49. The molecule has 2 aromatic rings. The molecule has 1 fully saturated rings.